The molecule has 1 aromatic carbocycles. The molecule has 1 amide bonds. The highest BCUT2D eigenvalue weighted by Gasteiger charge is 2.11. The molecule has 7 nitrogen and oxygen atoms in total. The number of amides is 1. The lowest BCUT2D eigenvalue weighted by Gasteiger charge is -2.06. The van der Waals surface area contributed by atoms with Gasteiger partial charge in [-0.1, -0.05) is 16.8 Å². The van der Waals surface area contributed by atoms with Crippen molar-refractivity contribution in [1.29, 1.82) is 0 Å². The van der Waals surface area contributed by atoms with Gasteiger partial charge in [0.2, 0.25) is 0 Å². The number of halogens is 2. The molecule has 0 radical (unpaired) electrons. The van der Waals surface area contributed by atoms with E-state index in [0.717, 1.165) is 12.1 Å². The fourth-order valence-corrected chi connectivity index (χ4v) is 1.81. The standard InChI is InChI=1S/C12H10ClFN4O3/c13-9-5-7(14)1-2-8(9)11(19)15-3-4-18-6-10(12(20)21)16-17-18/h1-2,5-6H,3-4H2,(H,15,19)(H,20,21). The molecule has 0 aliphatic rings. The summed E-state index contributed by atoms with van der Waals surface area (Å²) in [7, 11) is 0. The van der Waals surface area contributed by atoms with Gasteiger partial charge in [0.15, 0.2) is 5.69 Å². The van der Waals surface area contributed by atoms with Gasteiger partial charge in [-0.3, -0.25) is 4.79 Å². The predicted molar refractivity (Wildman–Crippen MR) is 70.7 cm³/mol. The second-order valence-corrected chi connectivity index (χ2v) is 4.46. The Balaban J connectivity index is 1.90. The molecule has 9 heteroatoms. The Kier molecular flexibility index (Phi) is 4.49. The van der Waals surface area contributed by atoms with E-state index in [4.69, 9.17) is 16.7 Å². The van der Waals surface area contributed by atoms with Crippen LogP contribution >= 0.6 is 11.6 Å². The van der Waals surface area contributed by atoms with Gasteiger partial charge in [0.1, 0.15) is 5.82 Å². The van der Waals surface area contributed by atoms with Crippen LogP contribution in [-0.4, -0.2) is 38.5 Å². The lowest BCUT2D eigenvalue weighted by molar-refractivity contribution is 0.0690. The van der Waals surface area contributed by atoms with Crippen LogP contribution in [0.15, 0.2) is 24.4 Å². The van der Waals surface area contributed by atoms with E-state index in [1.807, 2.05) is 0 Å². The summed E-state index contributed by atoms with van der Waals surface area (Å²) in [5.74, 6) is -2.16. The molecular formula is C12H10ClFN4O3. The fourth-order valence-electron chi connectivity index (χ4n) is 1.56. The van der Waals surface area contributed by atoms with Crippen molar-refractivity contribution in [3.8, 4) is 0 Å². The number of nitrogens with one attached hydrogen (secondary N) is 1. The summed E-state index contributed by atoms with van der Waals surface area (Å²) >= 11 is 5.76. The number of carbonyl (C=O) groups is 2. The van der Waals surface area contributed by atoms with E-state index in [9.17, 15) is 14.0 Å². The van der Waals surface area contributed by atoms with Gasteiger partial charge in [0.25, 0.3) is 5.91 Å². The van der Waals surface area contributed by atoms with Gasteiger partial charge in [0.05, 0.1) is 23.3 Å². The van der Waals surface area contributed by atoms with Crippen molar-refractivity contribution in [3.63, 3.8) is 0 Å². The van der Waals surface area contributed by atoms with E-state index in [-0.39, 0.29) is 29.4 Å². The number of carboxylic acid groups (broad SMARTS) is 1. The smallest absolute Gasteiger partial charge is 0.358 e. The molecule has 0 aliphatic heterocycles. The number of carbonyl (C=O) groups excluding carboxylic acids is 1. The van der Waals surface area contributed by atoms with Crippen molar-refractivity contribution in [2.75, 3.05) is 6.54 Å². The first kappa shape index (κ1) is 14.9. The van der Waals surface area contributed by atoms with E-state index >= 15 is 0 Å². The largest absolute Gasteiger partial charge is 0.476 e. The van der Waals surface area contributed by atoms with Crippen molar-refractivity contribution in [2.45, 2.75) is 6.54 Å². The molecule has 2 rings (SSSR count). The van der Waals surface area contributed by atoms with Gasteiger partial charge in [0, 0.05) is 6.54 Å². The lowest BCUT2D eigenvalue weighted by Crippen LogP contribution is -2.27. The molecule has 1 aromatic heterocycles. The first-order valence-electron chi connectivity index (χ1n) is 5.84. The third kappa shape index (κ3) is 3.76. The quantitative estimate of drug-likeness (QED) is 0.864. The van der Waals surface area contributed by atoms with Crippen molar-refractivity contribution < 1.29 is 19.1 Å². The summed E-state index contributed by atoms with van der Waals surface area (Å²) in [6, 6.07) is 3.47. The second kappa shape index (κ2) is 6.31. The van der Waals surface area contributed by atoms with Crippen LogP contribution in [0.1, 0.15) is 20.8 Å². The third-order valence-electron chi connectivity index (χ3n) is 2.56. The average Bonchev–Trinajstić information content (AvgIpc) is 2.87. The monoisotopic (exact) mass is 312 g/mol. The van der Waals surface area contributed by atoms with Gasteiger partial charge in [-0.25, -0.2) is 13.9 Å². The second-order valence-electron chi connectivity index (χ2n) is 4.05. The number of nitrogens with zero attached hydrogens (tertiary/aromatic N) is 3. The molecule has 0 spiro atoms. The van der Waals surface area contributed by atoms with Crippen LogP contribution in [0.5, 0.6) is 0 Å². The molecule has 21 heavy (non-hydrogen) atoms. The van der Waals surface area contributed by atoms with E-state index in [0.29, 0.717) is 0 Å². The Morgan fingerprint density at radius 1 is 1.43 bits per heavy atom. The Morgan fingerprint density at radius 3 is 2.81 bits per heavy atom. The highest BCUT2D eigenvalue weighted by molar-refractivity contribution is 6.33. The van der Waals surface area contributed by atoms with Crippen LogP contribution in [0.4, 0.5) is 4.39 Å². The first-order chi connectivity index (χ1) is 9.97. The zero-order valence-corrected chi connectivity index (χ0v) is 11.3. The Hall–Kier alpha value is -2.48. The molecule has 0 aliphatic carbocycles. The minimum Gasteiger partial charge on any atom is -0.476 e. The van der Waals surface area contributed by atoms with Crippen molar-refractivity contribution >= 4 is 23.5 Å². The maximum atomic E-state index is 12.9. The molecule has 1 heterocycles. The minimum atomic E-state index is -1.18. The molecule has 0 saturated carbocycles. The highest BCUT2D eigenvalue weighted by Crippen LogP contribution is 2.16. The van der Waals surface area contributed by atoms with Crippen LogP contribution in [0.25, 0.3) is 0 Å². The van der Waals surface area contributed by atoms with Crippen molar-refractivity contribution in [1.82, 2.24) is 20.3 Å². The van der Waals surface area contributed by atoms with Crippen LogP contribution in [-0.2, 0) is 6.54 Å². The summed E-state index contributed by atoms with van der Waals surface area (Å²) in [5, 5.41) is 18.3. The van der Waals surface area contributed by atoms with E-state index < -0.39 is 17.7 Å². The number of rotatable bonds is 5. The minimum absolute atomic E-state index is 0.0152. The zero-order chi connectivity index (χ0) is 15.4. The summed E-state index contributed by atoms with van der Waals surface area (Å²) in [5.41, 5.74) is -0.0224. The van der Waals surface area contributed by atoms with Crippen molar-refractivity contribution in [3.05, 3.63) is 46.5 Å². The van der Waals surface area contributed by atoms with Crippen molar-refractivity contribution in [2.24, 2.45) is 0 Å². The summed E-state index contributed by atoms with van der Waals surface area (Å²) < 4.78 is 14.2. The molecule has 2 N–H and O–H groups in total. The predicted octanol–water partition coefficient (Wildman–Crippen LogP) is 1.20. The number of hydrogen-bond acceptors (Lipinski definition) is 4. The molecule has 0 fully saturated rings. The normalized spacial score (nSPS) is 10.4. The average molecular weight is 313 g/mol. The number of benzene rings is 1. The molecule has 0 saturated heterocycles. The maximum absolute atomic E-state index is 12.9. The van der Waals surface area contributed by atoms with Gasteiger partial charge in [-0.2, -0.15) is 0 Å². The molecule has 110 valence electrons. The molecule has 0 atom stereocenters. The Morgan fingerprint density at radius 2 is 2.19 bits per heavy atom. The SMILES string of the molecule is O=C(O)c1cn(CCNC(=O)c2ccc(F)cc2Cl)nn1. The number of carboxylic acids is 1. The van der Waals surface area contributed by atoms with Crippen LogP contribution in [0, 0.1) is 5.82 Å². The molecule has 2 aromatic rings. The van der Waals surface area contributed by atoms with Gasteiger partial charge >= 0.3 is 5.97 Å². The highest BCUT2D eigenvalue weighted by atomic mass is 35.5. The molecular weight excluding hydrogens is 303 g/mol. The van der Waals surface area contributed by atoms with Crippen LogP contribution in [0.3, 0.4) is 0 Å². The maximum Gasteiger partial charge on any atom is 0.358 e. The number of aromatic carboxylic acids is 1. The first-order valence-corrected chi connectivity index (χ1v) is 6.22. The van der Waals surface area contributed by atoms with E-state index in [2.05, 4.69) is 15.6 Å². The Bertz CT molecular complexity index is 689. The van der Waals surface area contributed by atoms with E-state index in [1.165, 1.54) is 16.9 Å². The molecule has 0 unspecified atom stereocenters. The molecule has 0 bridgehead atoms. The van der Waals surface area contributed by atoms with Crippen LogP contribution < -0.4 is 5.32 Å². The van der Waals surface area contributed by atoms with Gasteiger partial charge in [-0.15, -0.1) is 5.10 Å². The fraction of sp³-hybridized carbons (Fsp3) is 0.167. The lowest BCUT2D eigenvalue weighted by atomic mass is 10.2. The summed E-state index contributed by atoms with van der Waals surface area (Å²) in [6.07, 6.45) is 1.25. The Labute approximate surface area is 123 Å². The number of hydrogen-bond donors (Lipinski definition) is 2. The topological polar surface area (TPSA) is 97.1 Å². The summed E-state index contributed by atoms with van der Waals surface area (Å²) in [4.78, 5) is 22.4. The number of aromatic nitrogens is 3. The zero-order valence-electron chi connectivity index (χ0n) is 10.6. The van der Waals surface area contributed by atoms with Crippen LogP contribution in [0.2, 0.25) is 5.02 Å². The summed E-state index contributed by atoms with van der Waals surface area (Å²) in [6.45, 7) is 0.430. The third-order valence-corrected chi connectivity index (χ3v) is 2.87. The van der Waals surface area contributed by atoms with Gasteiger partial charge < -0.3 is 10.4 Å². The van der Waals surface area contributed by atoms with E-state index in [1.54, 1.807) is 0 Å². The van der Waals surface area contributed by atoms with Gasteiger partial charge in [-0.05, 0) is 18.2 Å².